The Kier molecular flexibility index (Phi) is 8.26. The topological polar surface area (TPSA) is 6.48 Å². The van der Waals surface area contributed by atoms with E-state index in [2.05, 4.69) is 179 Å². The quantitative estimate of drug-likeness (QED) is 0.191. The molecule has 220 valence electrons. The zero-order chi connectivity index (χ0) is 30.8. The van der Waals surface area contributed by atoms with Gasteiger partial charge in [0.2, 0.25) is 0 Å². The molecule has 1 aliphatic carbocycles. The summed E-state index contributed by atoms with van der Waals surface area (Å²) in [5.74, 6) is 0. The third-order valence-corrected chi connectivity index (χ3v) is 8.72. The van der Waals surface area contributed by atoms with Crippen molar-refractivity contribution >= 4 is 28.4 Å². The number of aryl methyl sites for hydroxylation is 5. The van der Waals surface area contributed by atoms with Crippen LogP contribution in [0.2, 0.25) is 0 Å². The molecule has 1 atom stereocenters. The lowest BCUT2D eigenvalue weighted by Gasteiger charge is -2.34. The average molecular weight is 575 g/mol. The third-order valence-electron chi connectivity index (χ3n) is 8.72. The van der Waals surface area contributed by atoms with Crippen LogP contribution in [0.25, 0.3) is 11.1 Å². The van der Waals surface area contributed by atoms with E-state index < -0.39 is 0 Å². The van der Waals surface area contributed by atoms with Gasteiger partial charge in [-0.15, -0.1) is 0 Å². The Morgan fingerprint density at radius 3 is 1.39 bits per heavy atom. The molecule has 1 aliphatic rings. The van der Waals surface area contributed by atoms with Crippen molar-refractivity contribution < 1.29 is 0 Å². The predicted octanol–water partition coefficient (Wildman–Crippen LogP) is 11.8. The average Bonchev–Trinajstić information content (AvgIpc) is 3.02. The van der Waals surface area contributed by atoms with Crippen LogP contribution < -0.4 is 9.80 Å². The van der Waals surface area contributed by atoms with E-state index in [1.54, 1.807) is 0 Å². The fourth-order valence-corrected chi connectivity index (χ4v) is 6.13. The van der Waals surface area contributed by atoms with E-state index in [9.17, 15) is 0 Å². The summed E-state index contributed by atoms with van der Waals surface area (Å²) >= 11 is 0. The van der Waals surface area contributed by atoms with Crippen LogP contribution >= 0.6 is 0 Å². The molecule has 0 amide bonds. The summed E-state index contributed by atoms with van der Waals surface area (Å²) in [6.07, 6.45) is 7.94. The first-order valence-corrected chi connectivity index (χ1v) is 15.6. The summed E-state index contributed by atoms with van der Waals surface area (Å²) in [4.78, 5) is 4.85. The molecule has 0 fully saturated rings. The van der Waals surface area contributed by atoms with Crippen molar-refractivity contribution in [3.05, 3.63) is 161 Å². The number of hydrogen-bond donors (Lipinski definition) is 0. The molecule has 0 bridgehead atoms. The molecule has 5 aromatic carbocycles. The number of nitrogens with zero attached hydrogens (tertiary/aromatic N) is 2. The van der Waals surface area contributed by atoms with Gasteiger partial charge in [-0.3, -0.25) is 0 Å². The first-order chi connectivity index (χ1) is 21.3. The summed E-state index contributed by atoms with van der Waals surface area (Å²) in [5, 5.41) is 0. The van der Waals surface area contributed by atoms with Crippen molar-refractivity contribution in [2.45, 2.75) is 54.0 Å². The van der Waals surface area contributed by atoms with Crippen molar-refractivity contribution in [3.8, 4) is 11.1 Å². The maximum atomic E-state index is 2.49. The largest absolute Gasteiger partial charge is 0.334 e. The van der Waals surface area contributed by atoms with Crippen LogP contribution in [0.1, 0.15) is 41.2 Å². The smallest absolute Gasteiger partial charge is 0.0560 e. The number of allylic oxidation sites excluding steroid dienone is 2. The van der Waals surface area contributed by atoms with Gasteiger partial charge in [0.15, 0.2) is 0 Å². The molecule has 0 heterocycles. The standard InChI is InChI=1S/C42H42N2/c1-29-7-17-37(18-8-29)43(38-19-9-30(2)10-20-38)41-25-15-35(27-33(41)5)36-16-26-42(34(6)28-36)44(39-21-11-31(3)12-22-39)40-23-13-32(4)14-24-40/h7-23,25-28,40H,24H2,1-6H3. The van der Waals surface area contributed by atoms with Crippen molar-refractivity contribution in [2.24, 2.45) is 0 Å². The molecule has 5 aromatic rings. The van der Waals surface area contributed by atoms with E-state index in [-0.39, 0.29) is 6.04 Å². The zero-order valence-electron chi connectivity index (χ0n) is 26.8. The second kappa shape index (κ2) is 12.4. The molecule has 0 aromatic heterocycles. The summed E-state index contributed by atoms with van der Waals surface area (Å²) < 4.78 is 0. The van der Waals surface area contributed by atoms with Gasteiger partial charge < -0.3 is 9.80 Å². The molecule has 0 saturated heterocycles. The Morgan fingerprint density at radius 1 is 0.500 bits per heavy atom. The monoisotopic (exact) mass is 574 g/mol. The van der Waals surface area contributed by atoms with Gasteiger partial charge in [-0.1, -0.05) is 89.0 Å². The van der Waals surface area contributed by atoms with E-state index >= 15 is 0 Å². The summed E-state index contributed by atoms with van der Waals surface area (Å²) in [6, 6.07) is 40.6. The Labute approximate surface area is 263 Å². The van der Waals surface area contributed by atoms with E-state index in [1.165, 1.54) is 61.6 Å². The predicted molar refractivity (Wildman–Crippen MR) is 190 cm³/mol. The van der Waals surface area contributed by atoms with Crippen LogP contribution in [0.3, 0.4) is 0 Å². The van der Waals surface area contributed by atoms with Crippen LogP contribution in [-0.2, 0) is 0 Å². The molecule has 0 spiro atoms. The first-order valence-electron chi connectivity index (χ1n) is 15.6. The fraction of sp³-hybridized carbons (Fsp3) is 0.190. The minimum atomic E-state index is 0.280. The van der Waals surface area contributed by atoms with E-state index in [0.717, 1.165) is 17.8 Å². The molecule has 0 saturated carbocycles. The molecule has 0 radical (unpaired) electrons. The summed E-state index contributed by atoms with van der Waals surface area (Å²) in [7, 11) is 0. The fourth-order valence-electron chi connectivity index (χ4n) is 6.13. The van der Waals surface area contributed by atoms with Gasteiger partial charge in [0.1, 0.15) is 0 Å². The normalized spacial score (nSPS) is 14.3. The van der Waals surface area contributed by atoms with Crippen LogP contribution in [0.15, 0.2) is 133 Å². The van der Waals surface area contributed by atoms with Gasteiger partial charge in [0.05, 0.1) is 6.04 Å². The molecule has 6 rings (SSSR count). The number of benzene rings is 5. The number of hydrogen-bond acceptors (Lipinski definition) is 2. The second-order valence-corrected chi connectivity index (χ2v) is 12.3. The van der Waals surface area contributed by atoms with E-state index in [1.807, 2.05) is 0 Å². The molecule has 2 heteroatoms. The van der Waals surface area contributed by atoms with Gasteiger partial charge >= 0.3 is 0 Å². The SMILES string of the molecule is CC1=CCC(N(c2ccc(C)cc2)c2ccc(-c3ccc(N(c4ccc(C)cc4)c4ccc(C)cc4)c(C)c3)cc2C)C=C1. The van der Waals surface area contributed by atoms with Gasteiger partial charge in [-0.05, 0) is 131 Å². The highest BCUT2D eigenvalue weighted by atomic mass is 15.2. The third kappa shape index (κ3) is 6.12. The van der Waals surface area contributed by atoms with Crippen LogP contribution in [-0.4, -0.2) is 6.04 Å². The first kappa shape index (κ1) is 29.3. The Morgan fingerprint density at radius 2 is 0.955 bits per heavy atom. The second-order valence-electron chi connectivity index (χ2n) is 12.3. The highest BCUT2D eigenvalue weighted by Gasteiger charge is 2.22. The molecule has 2 nitrogen and oxygen atoms in total. The van der Waals surface area contributed by atoms with E-state index in [0.29, 0.717) is 0 Å². The molecule has 0 aliphatic heterocycles. The highest BCUT2D eigenvalue weighted by molar-refractivity contribution is 5.81. The number of rotatable bonds is 7. The summed E-state index contributed by atoms with van der Waals surface area (Å²) in [5.41, 5.74) is 16.1. The lowest BCUT2D eigenvalue weighted by molar-refractivity contribution is 0.777. The Bertz CT molecular complexity index is 1780. The van der Waals surface area contributed by atoms with Crippen LogP contribution in [0, 0.1) is 34.6 Å². The van der Waals surface area contributed by atoms with Crippen molar-refractivity contribution in [1.29, 1.82) is 0 Å². The maximum absolute atomic E-state index is 2.49. The van der Waals surface area contributed by atoms with Gasteiger partial charge in [-0.2, -0.15) is 0 Å². The maximum Gasteiger partial charge on any atom is 0.0560 e. The van der Waals surface area contributed by atoms with Gasteiger partial charge in [0, 0.05) is 28.4 Å². The van der Waals surface area contributed by atoms with Crippen molar-refractivity contribution in [2.75, 3.05) is 9.80 Å². The summed E-state index contributed by atoms with van der Waals surface area (Å²) in [6.45, 7) is 13.1. The van der Waals surface area contributed by atoms with Gasteiger partial charge in [-0.25, -0.2) is 0 Å². The zero-order valence-corrected chi connectivity index (χ0v) is 26.8. The van der Waals surface area contributed by atoms with Crippen molar-refractivity contribution in [1.82, 2.24) is 0 Å². The molecular formula is C42H42N2. The molecule has 1 unspecified atom stereocenters. The Balaban J connectivity index is 1.36. The molecule has 44 heavy (non-hydrogen) atoms. The minimum absolute atomic E-state index is 0.280. The van der Waals surface area contributed by atoms with Crippen LogP contribution in [0.4, 0.5) is 28.4 Å². The molecule has 0 N–H and O–H groups in total. The lowest BCUT2D eigenvalue weighted by atomic mass is 9.96. The van der Waals surface area contributed by atoms with Gasteiger partial charge in [0.25, 0.3) is 0 Å². The Hall–Kier alpha value is -4.82. The molecular weight excluding hydrogens is 532 g/mol. The number of anilines is 5. The minimum Gasteiger partial charge on any atom is -0.334 e. The highest BCUT2D eigenvalue weighted by Crippen LogP contribution is 2.40. The lowest BCUT2D eigenvalue weighted by Crippen LogP contribution is -2.30. The van der Waals surface area contributed by atoms with E-state index in [4.69, 9.17) is 0 Å². The van der Waals surface area contributed by atoms with Crippen LogP contribution in [0.5, 0.6) is 0 Å². The van der Waals surface area contributed by atoms with Crippen molar-refractivity contribution in [3.63, 3.8) is 0 Å².